The molecule has 26 heavy (non-hydrogen) atoms. The predicted molar refractivity (Wildman–Crippen MR) is 100 cm³/mol. The molecule has 0 spiro atoms. The molecule has 0 saturated carbocycles. The highest BCUT2D eigenvalue weighted by Crippen LogP contribution is 2.31. The number of nitrogens with zero attached hydrogens (tertiary/aromatic N) is 1. The summed E-state index contributed by atoms with van der Waals surface area (Å²) in [6, 6.07) is 5.31. The number of carbonyl (C=O) groups is 2. The number of amides is 2. The van der Waals surface area contributed by atoms with Gasteiger partial charge in [0, 0.05) is 37.7 Å². The van der Waals surface area contributed by atoms with Crippen molar-refractivity contribution in [3.63, 3.8) is 0 Å². The third-order valence-electron chi connectivity index (χ3n) is 4.58. The summed E-state index contributed by atoms with van der Waals surface area (Å²) in [7, 11) is 0. The molecule has 1 unspecified atom stereocenters. The van der Waals surface area contributed by atoms with Gasteiger partial charge in [0.2, 0.25) is 5.91 Å². The molecule has 7 nitrogen and oxygen atoms in total. The fourth-order valence-electron chi connectivity index (χ4n) is 3.27. The van der Waals surface area contributed by atoms with Crippen molar-refractivity contribution < 1.29 is 19.1 Å². The number of hydrogen-bond donors (Lipinski definition) is 2. The van der Waals surface area contributed by atoms with Crippen molar-refractivity contribution in [2.75, 3.05) is 32.8 Å². The lowest BCUT2D eigenvalue weighted by Gasteiger charge is -2.36. The number of nitrogens with one attached hydrogen (secondary N) is 1. The van der Waals surface area contributed by atoms with E-state index >= 15 is 0 Å². The number of benzene rings is 1. The van der Waals surface area contributed by atoms with Gasteiger partial charge in [-0.05, 0) is 37.5 Å². The zero-order chi connectivity index (χ0) is 17.6. The third kappa shape index (κ3) is 4.80. The van der Waals surface area contributed by atoms with Crippen LogP contribution in [0.3, 0.4) is 0 Å². The number of halogens is 1. The summed E-state index contributed by atoms with van der Waals surface area (Å²) in [5.74, 6) is 1.18. The molecule has 1 aromatic carbocycles. The summed E-state index contributed by atoms with van der Waals surface area (Å²) in [5.41, 5.74) is 5.99. The van der Waals surface area contributed by atoms with Gasteiger partial charge in [-0.1, -0.05) is 0 Å². The molecule has 2 aliphatic rings. The van der Waals surface area contributed by atoms with Gasteiger partial charge in [0.25, 0.3) is 5.91 Å². The maximum absolute atomic E-state index is 13.0. The van der Waals surface area contributed by atoms with Crippen LogP contribution in [0, 0.1) is 0 Å². The monoisotopic (exact) mass is 383 g/mol. The molecular weight excluding hydrogens is 358 g/mol. The molecule has 1 saturated heterocycles. The zero-order valence-corrected chi connectivity index (χ0v) is 15.6. The first-order chi connectivity index (χ1) is 12.2. The molecule has 3 N–H and O–H groups in total. The molecule has 144 valence electrons. The van der Waals surface area contributed by atoms with E-state index in [1.807, 2.05) is 4.90 Å². The molecule has 0 bridgehead atoms. The highest BCUT2D eigenvalue weighted by atomic mass is 35.5. The zero-order valence-electron chi connectivity index (χ0n) is 14.7. The van der Waals surface area contributed by atoms with Crippen LogP contribution < -0.4 is 20.5 Å². The Balaban J connectivity index is 0.00000243. The lowest BCUT2D eigenvalue weighted by molar-refractivity contribution is -0.121. The molecule has 1 aromatic rings. The van der Waals surface area contributed by atoms with E-state index in [0.29, 0.717) is 56.3 Å². The van der Waals surface area contributed by atoms with E-state index in [4.69, 9.17) is 15.2 Å². The van der Waals surface area contributed by atoms with Gasteiger partial charge >= 0.3 is 0 Å². The van der Waals surface area contributed by atoms with Crippen LogP contribution in [0.4, 0.5) is 0 Å². The summed E-state index contributed by atoms with van der Waals surface area (Å²) in [4.78, 5) is 26.5. The number of likely N-dealkylation sites (tertiary alicyclic amines) is 1. The second kappa shape index (κ2) is 9.64. The first kappa shape index (κ1) is 20.3. The van der Waals surface area contributed by atoms with Gasteiger partial charge in [-0.2, -0.15) is 0 Å². The van der Waals surface area contributed by atoms with Crippen molar-refractivity contribution in [1.29, 1.82) is 0 Å². The predicted octanol–water partition coefficient (Wildman–Crippen LogP) is 1.34. The average Bonchev–Trinajstić information content (AvgIpc) is 2.66. The molecule has 8 heteroatoms. The Morgan fingerprint density at radius 3 is 2.73 bits per heavy atom. The van der Waals surface area contributed by atoms with E-state index in [2.05, 4.69) is 5.32 Å². The quantitative estimate of drug-likeness (QED) is 0.800. The van der Waals surface area contributed by atoms with Crippen LogP contribution in [0.15, 0.2) is 18.2 Å². The standard InChI is InChI=1S/C18H25N3O4.ClH/c19-7-6-17(22)20-12-14-3-1-2-8-21(14)18(23)13-4-5-15-16(11-13)25-10-9-24-15;/h4-5,11,14H,1-3,6-10,12,19H2,(H,20,22);1H. The summed E-state index contributed by atoms with van der Waals surface area (Å²) in [5, 5.41) is 2.88. The van der Waals surface area contributed by atoms with Gasteiger partial charge in [0.15, 0.2) is 11.5 Å². The van der Waals surface area contributed by atoms with Crippen LogP contribution >= 0.6 is 12.4 Å². The average molecular weight is 384 g/mol. The van der Waals surface area contributed by atoms with Crippen LogP contribution in [-0.4, -0.2) is 55.6 Å². The van der Waals surface area contributed by atoms with Gasteiger partial charge in [0.1, 0.15) is 13.2 Å². The van der Waals surface area contributed by atoms with Gasteiger partial charge in [0.05, 0.1) is 0 Å². The first-order valence-corrected chi connectivity index (χ1v) is 8.86. The fraction of sp³-hybridized carbons (Fsp3) is 0.556. The number of nitrogens with two attached hydrogens (primary N) is 1. The molecular formula is C18H26ClN3O4. The minimum absolute atomic E-state index is 0. The molecule has 2 heterocycles. The topological polar surface area (TPSA) is 93.9 Å². The van der Waals surface area contributed by atoms with E-state index in [-0.39, 0.29) is 30.3 Å². The highest BCUT2D eigenvalue weighted by Gasteiger charge is 2.28. The lowest BCUT2D eigenvalue weighted by atomic mass is 10.0. The summed E-state index contributed by atoms with van der Waals surface area (Å²) in [6.07, 6.45) is 3.23. The van der Waals surface area contributed by atoms with Crippen molar-refractivity contribution in [2.24, 2.45) is 5.73 Å². The molecule has 2 aliphatic heterocycles. The van der Waals surface area contributed by atoms with E-state index < -0.39 is 0 Å². The number of piperidine rings is 1. The fourth-order valence-corrected chi connectivity index (χ4v) is 3.27. The number of hydrogen-bond acceptors (Lipinski definition) is 5. The van der Waals surface area contributed by atoms with Crippen molar-refractivity contribution in [1.82, 2.24) is 10.2 Å². The largest absolute Gasteiger partial charge is 0.486 e. The normalized spacial score (nSPS) is 18.7. The Hall–Kier alpha value is -1.99. The van der Waals surface area contributed by atoms with Gasteiger partial charge in [-0.25, -0.2) is 0 Å². The van der Waals surface area contributed by atoms with E-state index in [1.54, 1.807) is 18.2 Å². The van der Waals surface area contributed by atoms with E-state index in [1.165, 1.54) is 0 Å². The van der Waals surface area contributed by atoms with Crippen molar-refractivity contribution in [3.05, 3.63) is 23.8 Å². The van der Waals surface area contributed by atoms with Crippen LogP contribution in [0.5, 0.6) is 11.5 Å². The Morgan fingerprint density at radius 2 is 1.96 bits per heavy atom. The Bertz CT molecular complexity index is 641. The molecule has 2 amide bonds. The van der Waals surface area contributed by atoms with Crippen molar-refractivity contribution in [3.8, 4) is 11.5 Å². The smallest absolute Gasteiger partial charge is 0.254 e. The SMILES string of the molecule is Cl.NCCC(=O)NCC1CCCCN1C(=O)c1ccc2c(c1)OCCO2. The van der Waals surface area contributed by atoms with Crippen LogP contribution in [-0.2, 0) is 4.79 Å². The molecule has 0 aromatic heterocycles. The van der Waals surface area contributed by atoms with Gasteiger partial charge in [-0.15, -0.1) is 12.4 Å². The summed E-state index contributed by atoms with van der Waals surface area (Å²) in [6.45, 7) is 2.51. The summed E-state index contributed by atoms with van der Waals surface area (Å²) >= 11 is 0. The lowest BCUT2D eigenvalue weighted by Crippen LogP contribution is -2.49. The van der Waals surface area contributed by atoms with Crippen molar-refractivity contribution >= 4 is 24.2 Å². The second-order valence-electron chi connectivity index (χ2n) is 6.35. The summed E-state index contributed by atoms with van der Waals surface area (Å²) < 4.78 is 11.1. The number of ether oxygens (including phenoxy) is 2. The molecule has 1 fully saturated rings. The molecule has 3 rings (SSSR count). The van der Waals surface area contributed by atoms with Gasteiger partial charge < -0.3 is 25.4 Å². The van der Waals surface area contributed by atoms with E-state index in [9.17, 15) is 9.59 Å². The van der Waals surface area contributed by atoms with Crippen LogP contribution in [0.1, 0.15) is 36.0 Å². The Morgan fingerprint density at radius 1 is 1.19 bits per heavy atom. The van der Waals surface area contributed by atoms with Gasteiger partial charge in [-0.3, -0.25) is 9.59 Å². The molecule has 0 radical (unpaired) electrons. The Kier molecular flexibility index (Phi) is 7.53. The van der Waals surface area contributed by atoms with Crippen LogP contribution in [0.2, 0.25) is 0 Å². The van der Waals surface area contributed by atoms with Crippen molar-refractivity contribution in [2.45, 2.75) is 31.7 Å². The third-order valence-corrected chi connectivity index (χ3v) is 4.58. The maximum atomic E-state index is 13.0. The number of fused-ring (bicyclic) bond motifs is 1. The van der Waals surface area contributed by atoms with Crippen LogP contribution in [0.25, 0.3) is 0 Å². The second-order valence-corrected chi connectivity index (χ2v) is 6.35. The number of rotatable bonds is 5. The minimum Gasteiger partial charge on any atom is -0.486 e. The molecule has 0 aliphatic carbocycles. The van der Waals surface area contributed by atoms with E-state index in [0.717, 1.165) is 19.3 Å². The minimum atomic E-state index is -0.0696. The Labute approximate surface area is 159 Å². The number of carbonyl (C=O) groups excluding carboxylic acids is 2. The maximum Gasteiger partial charge on any atom is 0.254 e. The highest BCUT2D eigenvalue weighted by molar-refractivity contribution is 5.95. The first-order valence-electron chi connectivity index (χ1n) is 8.86. The molecule has 1 atom stereocenters.